The van der Waals surface area contributed by atoms with E-state index in [4.69, 9.17) is 17.3 Å². The van der Waals surface area contributed by atoms with Crippen molar-refractivity contribution in [2.24, 2.45) is 0 Å². The van der Waals surface area contributed by atoms with Gasteiger partial charge in [-0.3, -0.25) is 4.90 Å². The highest BCUT2D eigenvalue weighted by Crippen LogP contribution is 2.34. The Morgan fingerprint density at radius 3 is 2.85 bits per heavy atom. The lowest BCUT2D eigenvalue weighted by atomic mass is 10.1. The second-order valence-corrected chi connectivity index (χ2v) is 8.04. The van der Waals surface area contributed by atoms with Crippen LogP contribution in [0.1, 0.15) is 11.1 Å². The van der Waals surface area contributed by atoms with E-state index >= 15 is 0 Å². The number of urea groups is 1. The first-order valence-electron chi connectivity index (χ1n) is 10.2. The topological polar surface area (TPSA) is 109 Å². The zero-order valence-corrected chi connectivity index (χ0v) is 18.3. The van der Waals surface area contributed by atoms with Crippen molar-refractivity contribution in [1.82, 2.24) is 15.0 Å². The molecule has 166 valence electrons. The molecule has 3 heterocycles. The van der Waals surface area contributed by atoms with Gasteiger partial charge in [-0.15, -0.1) is 0 Å². The second kappa shape index (κ2) is 8.18. The maximum absolute atomic E-state index is 14.4. The van der Waals surface area contributed by atoms with Crippen LogP contribution in [0.2, 0.25) is 5.02 Å². The highest BCUT2D eigenvalue weighted by molar-refractivity contribution is 6.31. The van der Waals surface area contributed by atoms with Crippen LogP contribution in [0.4, 0.5) is 38.0 Å². The number of carbonyl (C=O) groups is 1. The van der Waals surface area contributed by atoms with E-state index < -0.39 is 5.82 Å². The summed E-state index contributed by atoms with van der Waals surface area (Å²) in [5.41, 5.74) is 8.39. The Labute approximate surface area is 193 Å². The smallest absolute Gasteiger partial charge is 0.327 e. The quantitative estimate of drug-likeness (QED) is 0.392. The molecule has 0 spiro atoms. The second-order valence-electron chi connectivity index (χ2n) is 7.63. The first kappa shape index (κ1) is 20.9. The highest BCUT2D eigenvalue weighted by atomic mass is 35.5. The largest absolute Gasteiger partial charge is 0.383 e. The van der Waals surface area contributed by atoms with Crippen molar-refractivity contribution in [1.29, 1.82) is 0 Å². The molecule has 2 aromatic carbocycles. The van der Waals surface area contributed by atoms with Crippen LogP contribution in [0, 0.1) is 12.7 Å². The molecule has 0 unspecified atom stereocenters. The van der Waals surface area contributed by atoms with Gasteiger partial charge >= 0.3 is 6.03 Å². The molecule has 0 saturated heterocycles. The molecule has 0 saturated carbocycles. The minimum atomic E-state index is -0.562. The number of fused-ring (bicyclic) bond motifs is 2. The van der Waals surface area contributed by atoms with Gasteiger partial charge in [-0.25, -0.2) is 24.1 Å². The number of nitrogen functional groups attached to an aromatic ring is 1. The summed E-state index contributed by atoms with van der Waals surface area (Å²) in [6.07, 6.45) is 3.54. The summed E-state index contributed by atoms with van der Waals surface area (Å²) in [6.45, 7) is 2.35. The van der Waals surface area contributed by atoms with Crippen molar-refractivity contribution < 1.29 is 9.18 Å². The lowest BCUT2D eigenvalue weighted by Crippen LogP contribution is -2.34. The number of hydrogen-bond donors (Lipinski definition) is 3. The molecule has 4 aromatic rings. The van der Waals surface area contributed by atoms with E-state index in [-0.39, 0.29) is 16.7 Å². The summed E-state index contributed by atoms with van der Waals surface area (Å²) in [5, 5.41) is 7.49. The first-order valence-corrected chi connectivity index (χ1v) is 10.6. The number of rotatable bonds is 3. The van der Waals surface area contributed by atoms with Gasteiger partial charge < -0.3 is 16.4 Å². The fraction of sp³-hybridized carbons (Fsp3) is 0.130. The van der Waals surface area contributed by atoms with Crippen molar-refractivity contribution in [3.63, 3.8) is 0 Å². The zero-order valence-electron chi connectivity index (χ0n) is 17.6. The number of anilines is 5. The fourth-order valence-corrected chi connectivity index (χ4v) is 4.12. The Balaban J connectivity index is 1.50. The molecule has 33 heavy (non-hydrogen) atoms. The van der Waals surface area contributed by atoms with E-state index in [2.05, 4.69) is 25.6 Å². The van der Waals surface area contributed by atoms with Gasteiger partial charge in [0.15, 0.2) is 5.82 Å². The minimum Gasteiger partial charge on any atom is -0.383 e. The molecule has 0 bridgehead atoms. The molecule has 2 amide bonds. The third-order valence-electron chi connectivity index (χ3n) is 5.63. The Morgan fingerprint density at radius 2 is 2.00 bits per heavy atom. The van der Waals surface area contributed by atoms with Gasteiger partial charge in [-0.05, 0) is 37.1 Å². The van der Waals surface area contributed by atoms with Crippen molar-refractivity contribution in [3.8, 4) is 0 Å². The standard InChI is InChI=1S/C23H19ClFN7O/c1-12-5-6-14-13(7-9-27-21(14)30-17-4-2-3-16(24)18(17)25)19(12)31-23(33)32-10-8-15-20(26)28-11-29-22(15)32/h2-7,9,11H,8,10H2,1H3,(H,27,30)(H,31,33)(H2,26,28,29). The monoisotopic (exact) mass is 463 g/mol. The van der Waals surface area contributed by atoms with E-state index in [0.29, 0.717) is 41.5 Å². The molecule has 8 nitrogen and oxygen atoms in total. The van der Waals surface area contributed by atoms with Gasteiger partial charge in [0.2, 0.25) is 0 Å². The van der Waals surface area contributed by atoms with E-state index in [0.717, 1.165) is 16.5 Å². The van der Waals surface area contributed by atoms with Crippen LogP contribution in [0.15, 0.2) is 48.9 Å². The van der Waals surface area contributed by atoms with E-state index in [1.165, 1.54) is 12.4 Å². The summed E-state index contributed by atoms with van der Waals surface area (Å²) in [6, 6.07) is 9.93. The number of nitrogens with zero attached hydrogens (tertiary/aromatic N) is 4. The van der Waals surface area contributed by atoms with Crippen LogP contribution in [0.25, 0.3) is 10.8 Å². The molecule has 1 aliphatic heterocycles. The van der Waals surface area contributed by atoms with Crippen LogP contribution in [0.5, 0.6) is 0 Å². The van der Waals surface area contributed by atoms with E-state index in [9.17, 15) is 9.18 Å². The molecule has 1 aliphatic rings. The molecule has 0 radical (unpaired) electrons. The number of pyridine rings is 1. The van der Waals surface area contributed by atoms with E-state index in [1.807, 2.05) is 19.1 Å². The van der Waals surface area contributed by atoms with Crippen molar-refractivity contribution in [2.75, 3.05) is 27.8 Å². The number of hydrogen-bond acceptors (Lipinski definition) is 6. The molecule has 2 aromatic heterocycles. The Bertz CT molecular complexity index is 1410. The average Bonchev–Trinajstić information content (AvgIpc) is 3.24. The number of nitrogens with one attached hydrogen (secondary N) is 2. The molecular weight excluding hydrogens is 445 g/mol. The van der Waals surface area contributed by atoms with Crippen LogP contribution in [0.3, 0.4) is 0 Å². The number of aromatic nitrogens is 3. The summed E-state index contributed by atoms with van der Waals surface area (Å²) >= 11 is 5.91. The number of carbonyl (C=O) groups excluding carboxylic acids is 1. The third-order valence-corrected chi connectivity index (χ3v) is 5.92. The first-order chi connectivity index (χ1) is 15.9. The minimum absolute atomic E-state index is 0.0133. The van der Waals surface area contributed by atoms with Crippen molar-refractivity contribution in [2.45, 2.75) is 13.3 Å². The maximum atomic E-state index is 14.4. The fourth-order valence-electron chi connectivity index (χ4n) is 3.95. The number of halogens is 2. The number of nitrogens with two attached hydrogens (primary N) is 1. The molecule has 10 heteroatoms. The van der Waals surface area contributed by atoms with Gasteiger partial charge in [0.05, 0.1) is 16.4 Å². The summed E-state index contributed by atoms with van der Waals surface area (Å²) in [4.78, 5) is 27.3. The van der Waals surface area contributed by atoms with Gasteiger partial charge in [0, 0.05) is 29.1 Å². The van der Waals surface area contributed by atoms with Gasteiger partial charge in [-0.2, -0.15) is 0 Å². The third kappa shape index (κ3) is 3.66. The Morgan fingerprint density at radius 1 is 1.15 bits per heavy atom. The van der Waals surface area contributed by atoms with Crippen LogP contribution in [-0.2, 0) is 6.42 Å². The molecule has 0 fully saturated rings. The normalized spacial score (nSPS) is 12.6. The summed E-state index contributed by atoms with van der Waals surface area (Å²) in [7, 11) is 0. The van der Waals surface area contributed by atoms with Gasteiger partial charge in [0.1, 0.15) is 23.8 Å². The van der Waals surface area contributed by atoms with Crippen LogP contribution >= 0.6 is 11.6 Å². The molecular formula is C23H19ClFN7O. The lowest BCUT2D eigenvalue weighted by molar-refractivity contribution is 0.257. The van der Waals surface area contributed by atoms with E-state index in [1.54, 1.807) is 29.3 Å². The number of benzene rings is 2. The predicted octanol–water partition coefficient (Wildman–Crippen LogP) is 5.05. The lowest BCUT2D eigenvalue weighted by Gasteiger charge is -2.20. The summed E-state index contributed by atoms with van der Waals surface area (Å²) in [5.74, 6) is 0.772. The average molecular weight is 464 g/mol. The maximum Gasteiger partial charge on any atom is 0.327 e. The van der Waals surface area contributed by atoms with Gasteiger partial charge in [0.25, 0.3) is 0 Å². The van der Waals surface area contributed by atoms with Gasteiger partial charge in [-0.1, -0.05) is 29.8 Å². The van der Waals surface area contributed by atoms with Crippen molar-refractivity contribution >= 4 is 57.2 Å². The highest BCUT2D eigenvalue weighted by Gasteiger charge is 2.28. The molecule has 0 atom stereocenters. The molecule has 5 rings (SSSR count). The summed E-state index contributed by atoms with van der Waals surface area (Å²) < 4.78 is 14.4. The number of amides is 2. The van der Waals surface area contributed by atoms with Crippen LogP contribution in [-0.4, -0.2) is 27.5 Å². The zero-order chi connectivity index (χ0) is 23.1. The SMILES string of the molecule is Cc1ccc2c(Nc3cccc(Cl)c3F)nccc2c1NC(=O)N1CCc2c(N)ncnc21. The number of aryl methyl sites for hydroxylation is 1. The Kier molecular flexibility index (Phi) is 5.18. The molecule has 0 aliphatic carbocycles. The predicted molar refractivity (Wildman–Crippen MR) is 128 cm³/mol. The Hall–Kier alpha value is -3.98. The molecule has 4 N–H and O–H groups in total. The van der Waals surface area contributed by atoms with Crippen molar-refractivity contribution in [3.05, 3.63) is 70.9 Å². The van der Waals surface area contributed by atoms with Crippen LogP contribution < -0.4 is 21.3 Å².